The minimum absolute atomic E-state index is 0.0731. The van der Waals surface area contributed by atoms with Crippen molar-refractivity contribution in [3.63, 3.8) is 0 Å². The van der Waals surface area contributed by atoms with Gasteiger partial charge in [0, 0.05) is 40.9 Å². The van der Waals surface area contributed by atoms with Crippen LogP contribution in [0.3, 0.4) is 0 Å². The van der Waals surface area contributed by atoms with Crippen molar-refractivity contribution in [2.24, 2.45) is 7.05 Å². The number of pyridine rings is 1. The Kier molecular flexibility index (Phi) is 5.71. The van der Waals surface area contributed by atoms with Gasteiger partial charge in [-0.15, -0.1) is 0 Å². The fraction of sp³-hybridized carbons (Fsp3) is 0.222. The van der Waals surface area contributed by atoms with E-state index >= 15 is 0 Å². The Labute approximate surface area is 168 Å². The van der Waals surface area contributed by atoms with Crippen LogP contribution in [-0.4, -0.2) is 14.8 Å². The van der Waals surface area contributed by atoms with Crippen molar-refractivity contribution in [2.75, 3.05) is 0 Å². The van der Waals surface area contributed by atoms with Crippen molar-refractivity contribution < 1.29 is 22.6 Å². The summed E-state index contributed by atoms with van der Waals surface area (Å²) in [6, 6.07) is 9.02. The molecule has 3 rings (SSSR count). The van der Waals surface area contributed by atoms with Gasteiger partial charge >= 0.3 is 6.18 Å². The van der Waals surface area contributed by atoms with Gasteiger partial charge in [0.1, 0.15) is 6.61 Å². The van der Waals surface area contributed by atoms with E-state index in [4.69, 9.17) is 32.7 Å². The second kappa shape index (κ2) is 7.89. The quantitative estimate of drug-likeness (QED) is 0.510. The average molecular weight is 432 g/mol. The van der Waals surface area contributed by atoms with Crippen molar-refractivity contribution in [3.8, 4) is 17.6 Å². The molecule has 0 saturated heterocycles. The molecule has 5 nitrogen and oxygen atoms in total. The van der Waals surface area contributed by atoms with Crippen LogP contribution in [-0.2, 0) is 19.8 Å². The molecule has 28 heavy (non-hydrogen) atoms. The van der Waals surface area contributed by atoms with Gasteiger partial charge in [-0.1, -0.05) is 23.2 Å². The zero-order chi connectivity index (χ0) is 20.5. The number of hydrogen-bond acceptors (Lipinski definition) is 4. The molecule has 0 atom stereocenters. The summed E-state index contributed by atoms with van der Waals surface area (Å²) in [6.07, 6.45) is -4.57. The van der Waals surface area contributed by atoms with Crippen LogP contribution in [0.2, 0.25) is 10.0 Å². The fourth-order valence-electron chi connectivity index (χ4n) is 2.33. The summed E-state index contributed by atoms with van der Waals surface area (Å²) in [5, 5.41) is 4.40. The highest BCUT2D eigenvalue weighted by molar-refractivity contribution is 6.33. The van der Waals surface area contributed by atoms with Crippen LogP contribution >= 0.6 is 23.2 Å². The van der Waals surface area contributed by atoms with Crippen LogP contribution in [0.25, 0.3) is 0 Å². The molecule has 10 heteroatoms. The molecule has 0 aliphatic rings. The van der Waals surface area contributed by atoms with E-state index in [0.29, 0.717) is 15.6 Å². The number of hydrogen-bond donors (Lipinski definition) is 0. The molecule has 0 fully saturated rings. The predicted octanol–water partition coefficient (Wildman–Crippen LogP) is 5.82. The monoisotopic (exact) mass is 431 g/mol. The van der Waals surface area contributed by atoms with Gasteiger partial charge in [0.2, 0.25) is 17.6 Å². The molecule has 0 amide bonds. The maximum atomic E-state index is 12.8. The first-order valence-corrected chi connectivity index (χ1v) is 8.72. The molecule has 0 radical (unpaired) electrons. The topological polar surface area (TPSA) is 49.2 Å². The Morgan fingerprint density at radius 2 is 1.79 bits per heavy atom. The molecule has 0 saturated carbocycles. The highest BCUT2D eigenvalue weighted by Crippen LogP contribution is 2.32. The number of aromatic nitrogens is 3. The van der Waals surface area contributed by atoms with Crippen molar-refractivity contribution >= 4 is 23.2 Å². The molecule has 1 aromatic carbocycles. The molecule has 0 aliphatic heterocycles. The zero-order valence-corrected chi connectivity index (χ0v) is 16.2. The summed E-state index contributed by atoms with van der Waals surface area (Å²) in [7, 11) is 1.35. The van der Waals surface area contributed by atoms with Gasteiger partial charge in [0.15, 0.2) is 5.69 Å². The van der Waals surface area contributed by atoms with Crippen molar-refractivity contribution in [1.29, 1.82) is 0 Å². The summed E-state index contributed by atoms with van der Waals surface area (Å²) in [5.41, 5.74) is 0.363. The maximum absolute atomic E-state index is 12.8. The second-order valence-corrected chi connectivity index (χ2v) is 6.78. The van der Waals surface area contributed by atoms with Crippen LogP contribution in [0.4, 0.5) is 13.2 Å². The van der Waals surface area contributed by atoms with E-state index < -0.39 is 11.9 Å². The molecular weight excluding hydrogens is 418 g/mol. The smallest absolute Gasteiger partial charge is 0.435 e. The third-order valence-corrected chi connectivity index (χ3v) is 4.25. The lowest BCUT2D eigenvalue weighted by molar-refractivity contribution is -0.141. The summed E-state index contributed by atoms with van der Waals surface area (Å²) >= 11 is 12.1. The number of benzene rings is 1. The van der Waals surface area contributed by atoms with Crippen LogP contribution in [0.15, 0.2) is 36.4 Å². The van der Waals surface area contributed by atoms with Crippen molar-refractivity contribution in [1.82, 2.24) is 14.8 Å². The first-order valence-electron chi connectivity index (χ1n) is 7.96. The van der Waals surface area contributed by atoms with Gasteiger partial charge in [0.25, 0.3) is 0 Å². The standard InChI is InChI=1S/C18H14Cl2F3N3O2/c1-10-5-15(27-9-11-7-12(19)3-4-13(11)20)24-16(6-10)28-17-8-14(18(21,22)23)25-26(17)2/h3-8H,9H2,1-2H3. The van der Waals surface area contributed by atoms with Crippen molar-refractivity contribution in [3.05, 3.63) is 63.3 Å². The first-order chi connectivity index (χ1) is 13.1. The summed E-state index contributed by atoms with van der Waals surface area (Å²) < 4.78 is 50.4. The molecule has 3 aromatic rings. The lowest BCUT2D eigenvalue weighted by atomic mass is 10.2. The molecule has 2 heterocycles. The third kappa shape index (κ3) is 4.88. The number of aryl methyl sites for hydroxylation is 2. The SMILES string of the molecule is Cc1cc(OCc2cc(Cl)ccc2Cl)nc(Oc2cc(C(F)(F)F)nn2C)c1. The van der Waals surface area contributed by atoms with Gasteiger partial charge in [-0.2, -0.15) is 23.3 Å². The van der Waals surface area contributed by atoms with Crippen LogP contribution in [0, 0.1) is 6.92 Å². The van der Waals surface area contributed by atoms with Crippen LogP contribution < -0.4 is 9.47 Å². The lowest BCUT2D eigenvalue weighted by Crippen LogP contribution is -2.06. The first kappa shape index (κ1) is 20.3. The number of alkyl halides is 3. The van der Waals surface area contributed by atoms with E-state index in [1.165, 1.54) is 7.05 Å². The minimum atomic E-state index is -4.57. The molecule has 0 spiro atoms. The van der Waals surface area contributed by atoms with Gasteiger partial charge in [-0.3, -0.25) is 0 Å². The number of ether oxygens (including phenoxy) is 2. The largest absolute Gasteiger partial charge is 0.473 e. The normalized spacial score (nSPS) is 11.5. The molecule has 2 aromatic heterocycles. The van der Waals surface area contributed by atoms with E-state index in [9.17, 15) is 13.2 Å². The third-order valence-electron chi connectivity index (χ3n) is 3.64. The number of halogens is 5. The Balaban J connectivity index is 1.78. The molecule has 0 aliphatic carbocycles. The molecule has 148 valence electrons. The number of rotatable bonds is 5. The van der Waals surface area contributed by atoms with Crippen molar-refractivity contribution in [2.45, 2.75) is 19.7 Å². The summed E-state index contributed by atoms with van der Waals surface area (Å²) in [6.45, 7) is 1.89. The van der Waals surface area contributed by atoms with Gasteiger partial charge in [-0.05, 0) is 30.7 Å². The Bertz CT molecular complexity index is 1010. The highest BCUT2D eigenvalue weighted by Gasteiger charge is 2.35. The van der Waals surface area contributed by atoms with Crippen LogP contribution in [0.5, 0.6) is 17.6 Å². The highest BCUT2D eigenvalue weighted by atomic mass is 35.5. The summed E-state index contributed by atoms with van der Waals surface area (Å²) in [4.78, 5) is 4.17. The van der Waals surface area contributed by atoms with E-state index in [1.807, 2.05) is 0 Å². The molecule has 0 bridgehead atoms. The second-order valence-electron chi connectivity index (χ2n) is 5.94. The van der Waals surface area contributed by atoms with Gasteiger partial charge in [-0.25, -0.2) is 4.68 Å². The van der Waals surface area contributed by atoms with Gasteiger partial charge in [0.05, 0.1) is 0 Å². The number of nitrogens with zero attached hydrogens (tertiary/aromatic N) is 3. The average Bonchev–Trinajstić information content (AvgIpc) is 2.96. The lowest BCUT2D eigenvalue weighted by Gasteiger charge is -2.10. The van der Waals surface area contributed by atoms with Gasteiger partial charge < -0.3 is 9.47 Å². The molecular formula is C18H14Cl2F3N3O2. The molecule has 0 unspecified atom stereocenters. The Hall–Kier alpha value is -2.45. The van der Waals surface area contributed by atoms with Crippen LogP contribution in [0.1, 0.15) is 16.8 Å². The van der Waals surface area contributed by atoms with E-state index in [0.717, 1.165) is 16.3 Å². The molecule has 0 N–H and O–H groups in total. The fourth-order valence-corrected chi connectivity index (χ4v) is 2.69. The van der Waals surface area contributed by atoms with E-state index in [2.05, 4.69) is 10.1 Å². The zero-order valence-electron chi connectivity index (χ0n) is 14.7. The minimum Gasteiger partial charge on any atom is -0.473 e. The van der Waals surface area contributed by atoms with E-state index in [1.54, 1.807) is 37.3 Å². The van der Waals surface area contributed by atoms with E-state index in [-0.39, 0.29) is 24.2 Å². The summed E-state index contributed by atoms with van der Waals surface area (Å²) in [5.74, 6) is 0.197. The Morgan fingerprint density at radius 3 is 2.46 bits per heavy atom. The Morgan fingerprint density at radius 1 is 1.07 bits per heavy atom. The maximum Gasteiger partial charge on any atom is 0.435 e. The predicted molar refractivity (Wildman–Crippen MR) is 98.1 cm³/mol.